The van der Waals surface area contributed by atoms with Gasteiger partial charge in [0.15, 0.2) is 0 Å². The molecule has 0 aromatic carbocycles. The number of amides is 2. The molecule has 0 saturated heterocycles. The Labute approximate surface area is 102 Å². The van der Waals surface area contributed by atoms with E-state index >= 15 is 0 Å². The van der Waals surface area contributed by atoms with Gasteiger partial charge in [0, 0.05) is 6.54 Å². The van der Waals surface area contributed by atoms with Crippen molar-refractivity contribution < 1.29 is 9.59 Å². The maximum atomic E-state index is 11.3. The number of nitrogens with one attached hydrogen (secondary N) is 1. The van der Waals surface area contributed by atoms with Crippen molar-refractivity contribution in [1.29, 1.82) is 0 Å². The monoisotopic (exact) mass is 249 g/mol. The quantitative estimate of drug-likeness (QED) is 0.650. The lowest BCUT2D eigenvalue weighted by Crippen LogP contribution is -2.48. The molecule has 1 atom stereocenters. The summed E-state index contributed by atoms with van der Waals surface area (Å²) in [7, 11) is 0. The van der Waals surface area contributed by atoms with Crippen molar-refractivity contribution in [2.45, 2.75) is 38.6 Å². The first-order valence-electron chi connectivity index (χ1n) is 5.31. The van der Waals surface area contributed by atoms with E-state index in [4.69, 9.17) is 11.5 Å². The zero-order valence-corrected chi connectivity index (χ0v) is 10.3. The lowest BCUT2D eigenvalue weighted by Gasteiger charge is -2.25. The Kier molecular flexibility index (Phi) is 5.75. The highest BCUT2D eigenvalue weighted by molar-refractivity contribution is 5.85. The molecular formula is C10H20ClN3O2. The molecule has 2 amide bonds. The molecule has 0 heterocycles. The molecule has 0 aromatic rings. The van der Waals surface area contributed by atoms with Crippen LogP contribution in [0.15, 0.2) is 0 Å². The summed E-state index contributed by atoms with van der Waals surface area (Å²) in [6.45, 7) is 1.93. The number of nitrogens with two attached hydrogens (primary N) is 2. The molecule has 1 saturated carbocycles. The third-order valence-corrected chi connectivity index (χ3v) is 3.10. The van der Waals surface area contributed by atoms with Gasteiger partial charge in [0.2, 0.25) is 11.8 Å². The standard InChI is InChI=1S/C10H19N3O2.ClH/c1-7(11)8(14)13-6-10(9(12)15)4-2-3-5-10;/h7H,2-6,11H2,1H3,(H2,12,15)(H,13,14);1H/t7-;/m1./s1. The Morgan fingerprint density at radius 2 is 1.88 bits per heavy atom. The fraction of sp³-hybridized carbons (Fsp3) is 0.800. The second-order valence-electron chi connectivity index (χ2n) is 4.36. The molecular weight excluding hydrogens is 230 g/mol. The van der Waals surface area contributed by atoms with E-state index in [1.807, 2.05) is 0 Å². The Morgan fingerprint density at radius 1 is 1.38 bits per heavy atom. The van der Waals surface area contributed by atoms with Gasteiger partial charge in [-0.05, 0) is 19.8 Å². The highest BCUT2D eigenvalue weighted by Crippen LogP contribution is 2.37. The van der Waals surface area contributed by atoms with Gasteiger partial charge in [-0.2, -0.15) is 0 Å². The van der Waals surface area contributed by atoms with E-state index in [0.717, 1.165) is 25.7 Å². The van der Waals surface area contributed by atoms with Crippen molar-refractivity contribution in [2.24, 2.45) is 16.9 Å². The van der Waals surface area contributed by atoms with Gasteiger partial charge in [-0.15, -0.1) is 12.4 Å². The van der Waals surface area contributed by atoms with Crippen LogP contribution >= 0.6 is 12.4 Å². The van der Waals surface area contributed by atoms with Crippen LogP contribution < -0.4 is 16.8 Å². The summed E-state index contributed by atoms with van der Waals surface area (Å²) >= 11 is 0. The number of carbonyl (C=O) groups excluding carboxylic acids is 2. The summed E-state index contributed by atoms with van der Waals surface area (Å²) < 4.78 is 0. The fourth-order valence-electron chi connectivity index (χ4n) is 1.98. The molecule has 16 heavy (non-hydrogen) atoms. The van der Waals surface area contributed by atoms with Crippen molar-refractivity contribution in [2.75, 3.05) is 6.54 Å². The molecule has 5 N–H and O–H groups in total. The van der Waals surface area contributed by atoms with Gasteiger partial charge in [0.1, 0.15) is 0 Å². The molecule has 0 bridgehead atoms. The number of rotatable bonds is 4. The van der Waals surface area contributed by atoms with E-state index < -0.39 is 11.5 Å². The average Bonchev–Trinajstić information content (AvgIpc) is 2.63. The van der Waals surface area contributed by atoms with Crippen molar-refractivity contribution in [3.63, 3.8) is 0 Å². The first kappa shape index (κ1) is 15.2. The van der Waals surface area contributed by atoms with Gasteiger partial charge < -0.3 is 16.8 Å². The largest absolute Gasteiger partial charge is 0.369 e. The van der Waals surface area contributed by atoms with E-state index in [-0.39, 0.29) is 24.2 Å². The minimum absolute atomic E-state index is 0. The number of hydrogen-bond donors (Lipinski definition) is 3. The Balaban J connectivity index is 0.00000225. The third kappa shape index (κ3) is 3.35. The summed E-state index contributed by atoms with van der Waals surface area (Å²) in [6, 6.07) is -0.545. The molecule has 1 aliphatic rings. The summed E-state index contributed by atoms with van der Waals surface area (Å²) in [6.07, 6.45) is 3.52. The van der Waals surface area contributed by atoms with Gasteiger partial charge in [-0.3, -0.25) is 9.59 Å². The van der Waals surface area contributed by atoms with Crippen LogP contribution in [-0.2, 0) is 9.59 Å². The van der Waals surface area contributed by atoms with Crippen LogP contribution in [0.3, 0.4) is 0 Å². The molecule has 0 spiro atoms. The summed E-state index contributed by atoms with van der Waals surface area (Å²) in [5.41, 5.74) is 10.2. The Morgan fingerprint density at radius 3 is 2.25 bits per heavy atom. The van der Waals surface area contributed by atoms with Gasteiger partial charge in [0.25, 0.3) is 0 Å². The molecule has 1 aliphatic carbocycles. The van der Waals surface area contributed by atoms with Crippen LogP contribution in [0.1, 0.15) is 32.6 Å². The minimum Gasteiger partial charge on any atom is -0.369 e. The maximum absolute atomic E-state index is 11.3. The van der Waals surface area contributed by atoms with E-state index in [1.165, 1.54) is 0 Å². The summed E-state index contributed by atoms with van der Waals surface area (Å²) in [5.74, 6) is -0.549. The van der Waals surface area contributed by atoms with E-state index in [1.54, 1.807) is 6.92 Å². The van der Waals surface area contributed by atoms with Crippen LogP contribution in [0.4, 0.5) is 0 Å². The maximum Gasteiger partial charge on any atom is 0.236 e. The van der Waals surface area contributed by atoms with E-state index in [0.29, 0.717) is 6.54 Å². The molecule has 6 heteroatoms. The number of hydrogen-bond acceptors (Lipinski definition) is 3. The number of primary amides is 1. The van der Waals surface area contributed by atoms with Crippen LogP contribution in [0, 0.1) is 5.41 Å². The summed E-state index contributed by atoms with van der Waals surface area (Å²) in [5, 5.41) is 2.68. The predicted molar refractivity (Wildman–Crippen MR) is 64.0 cm³/mol. The van der Waals surface area contributed by atoms with E-state index in [9.17, 15) is 9.59 Å². The molecule has 0 unspecified atom stereocenters. The molecule has 0 aromatic heterocycles. The second kappa shape index (κ2) is 6.06. The van der Waals surface area contributed by atoms with Gasteiger partial charge >= 0.3 is 0 Å². The number of halogens is 1. The van der Waals surface area contributed by atoms with Crippen LogP contribution in [0.5, 0.6) is 0 Å². The molecule has 94 valence electrons. The average molecular weight is 250 g/mol. The molecule has 1 fully saturated rings. The van der Waals surface area contributed by atoms with Crippen LogP contribution in [0.25, 0.3) is 0 Å². The second-order valence-corrected chi connectivity index (χ2v) is 4.36. The van der Waals surface area contributed by atoms with Gasteiger partial charge in [-0.1, -0.05) is 12.8 Å². The highest BCUT2D eigenvalue weighted by atomic mass is 35.5. The smallest absolute Gasteiger partial charge is 0.236 e. The molecule has 5 nitrogen and oxygen atoms in total. The predicted octanol–water partition coefficient (Wildman–Crippen LogP) is -0.0827. The molecule has 1 rings (SSSR count). The lowest BCUT2D eigenvalue weighted by atomic mass is 9.85. The Hall–Kier alpha value is -0.810. The molecule has 0 radical (unpaired) electrons. The van der Waals surface area contributed by atoms with E-state index in [2.05, 4.69) is 5.32 Å². The van der Waals surface area contributed by atoms with Crippen molar-refractivity contribution >= 4 is 24.2 Å². The first-order chi connectivity index (χ1) is 6.98. The van der Waals surface area contributed by atoms with Gasteiger partial charge in [-0.25, -0.2) is 0 Å². The first-order valence-corrected chi connectivity index (χ1v) is 5.31. The van der Waals surface area contributed by atoms with Crippen LogP contribution in [-0.4, -0.2) is 24.4 Å². The number of carbonyl (C=O) groups is 2. The van der Waals surface area contributed by atoms with Crippen molar-refractivity contribution in [1.82, 2.24) is 5.32 Å². The Bertz CT molecular complexity index is 263. The fourth-order valence-corrected chi connectivity index (χ4v) is 1.98. The lowest BCUT2D eigenvalue weighted by molar-refractivity contribution is -0.128. The normalized spacial score (nSPS) is 19.6. The van der Waals surface area contributed by atoms with Crippen molar-refractivity contribution in [3.8, 4) is 0 Å². The van der Waals surface area contributed by atoms with Crippen molar-refractivity contribution in [3.05, 3.63) is 0 Å². The summed E-state index contributed by atoms with van der Waals surface area (Å²) in [4.78, 5) is 22.6. The highest BCUT2D eigenvalue weighted by Gasteiger charge is 2.39. The zero-order valence-electron chi connectivity index (χ0n) is 9.49. The third-order valence-electron chi connectivity index (χ3n) is 3.10. The topological polar surface area (TPSA) is 98.2 Å². The minimum atomic E-state index is -0.545. The van der Waals surface area contributed by atoms with Gasteiger partial charge in [0.05, 0.1) is 11.5 Å². The SMILES string of the molecule is C[C@@H](N)C(=O)NCC1(C(N)=O)CCCC1.Cl. The molecule has 0 aliphatic heterocycles. The zero-order chi connectivity index (χ0) is 11.5. The van der Waals surface area contributed by atoms with Crippen LogP contribution in [0.2, 0.25) is 0 Å².